The molecule has 0 radical (unpaired) electrons. The molecule has 2 aromatic heterocycles. The Balaban J connectivity index is 1.74. The van der Waals surface area contributed by atoms with Crippen molar-refractivity contribution in [1.29, 1.82) is 0 Å². The Morgan fingerprint density at radius 1 is 1.29 bits per heavy atom. The topological polar surface area (TPSA) is 88.1 Å². The maximum atomic E-state index is 12.3. The van der Waals surface area contributed by atoms with Gasteiger partial charge in [0.05, 0.1) is 13.7 Å². The van der Waals surface area contributed by atoms with Crippen LogP contribution in [0.1, 0.15) is 5.89 Å². The summed E-state index contributed by atoms with van der Waals surface area (Å²) in [7, 11) is 1.36. The van der Waals surface area contributed by atoms with Crippen LogP contribution in [0.4, 0.5) is 8.78 Å². The third-order valence-corrected chi connectivity index (χ3v) is 3.13. The first-order chi connectivity index (χ1) is 11.7. The molecule has 0 aliphatic heterocycles. The molecule has 0 fully saturated rings. The van der Waals surface area contributed by atoms with Gasteiger partial charge in [-0.15, -0.1) is 0 Å². The molecule has 0 amide bonds. The lowest BCUT2D eigenvalue weighted by Crippen LogP contribution is -2.03. The molecule has 2 heterocycles. The first-order valence-corrected chi connectivity index (χ1v) is 6.94. The normalized spacial score (nSPS) is 11.0. The molecule has 0 saturated carbocycles. The summed E-state index contributed by atoms with van der Waals surface area (Å²) in [5, 5.41) is 7.85. The van der Waals surface area contributed by atoms with Gasteiger partial charge in [-0.05, 0) is 18.2 Å². The lowest BCUT2D eigenvalue weighted by Gasteiger charge is -2.10. The van der Waals surface area contributed by atoms with Crippen LogP contribution in [0.5, 0.6) is 11.5 Å². The summed E-state index contributed by atoms with van der Waals surface area (Å²) in [4.78, 5) is 8.10. The van der Waals surface area contributed by atoms with E-state index in [1.54, 1.807) is 17.1 Å². The molecule has 8 nitrogen and oxygen atoms in total. The van der Waals surface area contributed by atoms with Crippen LogP contribution in [0.2, 0.25) is 0 Å². The average molecular weight is 337 g/mol. The summed E-state index contributed by atoms with van der Waals surface area (Å²) in [6.07, 6.45) is 3.51. The molecule has 0 unspecified atom stereocenters. The Morgan fingerprint density at radius 3 is 2.88 bits per heavy atom. The quantitative estimate of drug-likeness (QED) is 0.653. The zero-order chi connectivity index (χ0) is 16.9. The van der Waals surface area contributed by atoms with Gasteiger partial charge in [0.2, 0.25) is 11.7 Å². The van der Waals surface area contributed by atoms with Gasteiger partial charge in [0.25, 0.3) is 0 Å². The van der Waals surface area contributed by atoms with Crippen molar-refractivity contribution in [2.45, 2.75) is 19.6 Å². The lowest BCUT2D eigenvalue weighted by atomic mass is 10.2. The number of hydrogen-bond donors (Lipinski definition) is 0. The summed E-state index contributed by atoms with van der Waals surface area (Å²) >= 11 is 0. The molecule has 0 N–H and O–H groups in total. The Hall–Kier alpha value is -3.04. The van der Waals surface area contributed by atoms with E-state index in [1.165, 1.54) is 25.6 Å². The monoisotopic (exact) mass is 337 g/mol. The highest BCUT2D eigenvalue weighted by atomic mass is 19.3. The van der Waals surface area contributed by atoms with Gasteiger partial charge in [-0.25, -0.2) is 4.98 Å². The summed E-state index contributed by atoms with van der Waals surface area (Å²) in [6.45, 7) is -2.38. The van der Waals surface area contributed by atoms with Crippen molar-refractivity contribution in [3.8, 4) is 22.9 Å². The highest BCUT2D eigenvalue weighted by Crippen LogP contribution is 2.32. The molecule has 0 saturated heterocycles. The molecule has 0 aliphatic carbocycles. The van der Waals surface area contributed by atoms with E-state index in [0.717, 1.165) is 0 Å². The molecule has 0 spiro atoms. The molecule has 0 atom stereocenters. The SMILES string of the molecule is COc1cc(-c2noc(CCn3cncn3)n2)ccc1OC(F)F. The zero-order valence-electron chi connectivity index (χ0n) is 12.6. The summed E-state index contributed by atoms with van der Waals surface area (Å²) in [5.74, 6) is 0.839. The van der Waals surface area contributed by atoms with E-state index in [1.807, 2.05) is 0 Å². The number of methoxy groups -OCH3 is 1. The molecule has 3 aromatic rings. The third kappa shape index (κ3) is 3.65. The fraction of sp³-hybridized carbons (Fsp3) is 0.286. The number of rotatable bonds is 7. The molecule has 10 heteroatoms. The van der Waals surface area contributed by atoms with Crippen LogP contribution in [0.3, 0.4) is 0 Å². The summed E-state index contributed by atoms with van der Waals surface area (Å²) in [6, 6.07) is 4.42. The number of ether oxygens (including phenoxy) is 2. The molecule has 24 heavy (non-hydrogen) atoms. The maximum Gasteiger partial charge on any atom is 0.387 e. The average Bonchev–Trinajstić information content (AvgIpc) is 3.24. The van der Waals surface area contributed by atoms with Crippen LogP contribution < -0.4 is 9.47 Å². The number of hydrogen-bond acceptors (Lipinski definition) is 7. The predicted molar refractivity (Wildman–Crippen MR) is 76.6 cm³/mol. The maximum absolute atomic E-state index is 12.3. The molecular formula is C14H13F2N5O3. The van der Waals surface area contributed by atoms with Crippen molar-refractivity contribution in [2.24, 2.45) is 0 Å². The lowest BCUT2D eigenvalue weighted by molar-refractivity contribution is -0.0512. The predicted octanol–water partition coefficient (Wildman–Crippen LogP) is 2.18. The smallest absolute Gasteiger partial charge is 0.387 e. The van der Waals surface area contributed by atoms with E-state index in [4.69, 9.17) is 9.26 Å². The number of halogens is 2. The van der Waals surface area contributed by atoms with E-state index < -0.39 is 6.61 Å². The number of aromatic nitrogens is 5. The summed E-state index contributed by atoms with van der Waals surface area (Å²) in [5.41, 5.74) is 0.559. The van der Waals surface area contributed by atoms with E-state index >= 15 is 0 Å². The molecule has 0 aliphatic rings. The van der Waals surface area contributed by atoms with Gasteiger partial charge >= 0.3 is 6.61 Å². The Kier molecular flexibility index (Phi) is 4.64. The van der Waals surface area contributed by atoms with Crippen molar-refractivity contribution in [3.05, 3.63) is 36.7 Å². The highest BCUT2D eigenvalue weighted by molar-refractivity contribution is 5.60. The molecule has 3 rings (SSSR count). The summed E-state index contributed by atoms with van der Waals surface area (Å²) < 4.78 is 40.9. The Morgan fingerprint density at radius 2 is 2.17 bits per heavy atom. The van der Waals surface area contributed by atoms with Crippen LogP contribution in [0.15, 0.2) is 35.4 Å². The van der Waals surface area contributed by atoms with Crippen LogP contribution in [-0.2, 0) is 13.0 Å². The van der Waals surface area contributed by atoms with E-state index in [-0.39, 0.29) is 11.5 Å². The fourth-order valence-corrected chi connectivity index (χ4v) is 2.03. The first kappa shape index (κ1) is 15.8. The second-order valence-electron chi connectivity index (χ2n) is 4.66. The van der Waals surface area contributed by atoms with Gasteiger partial charge in [-0.3, -0.25) is 4.68 Å². The molecule has 0 bridgehead atoms. The van der Waals surface area contributed by atoms with Gasteiger partial charge in [-0.1, -0.05) is 5.16 Å². The van der Waals surface area contributed by atoms with Crippen molar-refractivity contribution in [2.75, 3.05) is 7.11 Å². The van der Waals surface area contributed by atoms with Crippen molar-refractivity contribution < 1.29 is 22.8 Å². The largest absolute Gasteiger partial charge is 0.493 e. The highest BCUT2D eigenvalue weighted by Gasteiger charge is 2.14. The first-order valence-electron chi connectivity index (χ1n) is 6.94. The second kappa shape index (κ2) is 7.02. The van der Waals surface area contributed by atoms with Crippen LogP contribution in [-0.4, -0.2) is 38.6 Å². The Labute approximate surface area is 135 Å². The molecule has 126 valence electrons. The van der Waals surface area contributed by atoms with E-state index in [2.05, 4.69) is 25.0 Å². The minimum Gasteiger partial charge on any atom is -0.493 e. The van der Waals surface area contributed by atoms with Crippen molar-refractivity contribution in [3.63, 3.8) is 0 Å². The van der Waals surface area contributed by atoms with Crippen LogP contribution >= 0.6 is 0 Å². The third-order valence-electron chi connectivity index (χ3n) is 3.13. The van der Waals surface area contributed by atoms with Crippen molar-refractivity contribution >= 4 is 0 Å². The molecule has 1 aromatic carbocycles. The number of alkyl halides is 2. The van der Waals surface area contributed by atoms with Gasteiger partial charge in [0.1, 0.15) is 12.7 Å². The van der Waals surface area contributed by atoms with Crippen LogP contribution in [0, 0.1) is 0 Å². The number of benzene rings is 1. The van der Waals surface area contributed by atoms with Gasteiger partial charge in [-0.2, -0.15) is 18.9 Å². The zero-order valence-corrected chi connectivity index (χ0v) is 12.6. The van der Waals surface area contributed by atoms with Crippen LogP contribution in [0.25, 0.3) is 11.4 Å². The van der Waals surface area contributed by atoms with Gasteiger partial charge < -0.3 is 14.0 Å². The fourth-order valence-electron chi connectivity index (χ4n) is 2.03. The minimum absolute atomic E-state index is 0.0637. The molecular weight excluding hydrogens is 324 g/mol. The Bertz CT molecular complexity index is 792. The number of aryl methyl sites for hydroxylation is 2. The minimum atomic E-state index is -2.93. The van der Waals surface area contributed by atoms with Gasteiger partial charge in [0, 0.05) is 12.0 Å². The van der Waals surface area contributed by atoms with E-state index in [0.29, 0.717) is 30.2 Å². The second-order valence-corrected chi connectivity index (χ2v) is 4.66. The van der Waals surface area contributed by atoms with Gasteiger partial charge in [0.15, 0.2) is 11.5 Å². The standard InChI is InChI=1S/C14H13F2N5O3/c1-22-11-6-9(2-3-10(11)23-14(15)16)13-19-12(24-20-13)4-5-21-8-17-7-18-21/h2-3,6-8,14H,4-5H2,1H3. The van der Waals surface area contributed by atoms with E-state index in [9.17, 15) is 8.78 Å². The van der Waals surface area contributed by atoms with Crippen molar-refractivity contribution in [1.82, 2.24) is 24.9 Å². The number of nitrogens with zero attached hydrogens (tertiary/aromatic N) is 5.